The molecule has 0 spiro atoms. The lowest BCUT2D eigenvalue weighted by Crippen LogP contribution is -2.61. The van der Waals surface area contributed by atoms with E-state index in [0.717, 1.165) is 0 Å². The molecule has 360 valence electrons. The van der Waals surface area contributed by atoms with Crippen LogP contribution in [0.25, 0.3) is 0 Å². The topological polar surface area (TPSA) is 330 Å². The zero-order valence-electron chi connectivity index (χ0n) is 37.7. The van der Waals surface area contributed by atoms with Crippen LogP contribution in [0, 0.1) is 17.8 Å². The third-order valence-electron chi connectivity index (χ3n) is 9.73. The molecule has 20 nitrogen and oxygen atoms in total. The average molecular weight is 940 g/mol. The van der Waals surface area contributed by atoms with Gasteiger partial charge in [-0.15, -0.1) is 0 Å². The van der Waals surface area contributed by atoms with Crippen molar-refractivity contribution < 1.29 is 53.4 Å². The van der Waals surface area contributed by atoms with Crippen LogP contribution < -0.4 is 48.7 Å². The highest BCUT2D eigenvalue weighted by molar-refractivity contribution is 7.98. The first-order valence-corrected chi connectivity index (χ1v) is 23.2. The van der Waals surface area contributed by atoms with Gasteiger partial charge in [0.2, 0.25) is 47.3 Å². The van der Waals surface area contributed by atoms with Crippen LogP contribution in [0.5, 0.6) is 0 Å². The molecule has 22 heteroatoms. The summed E-state index contributed by atoms with van der Waals surface area (Å²) in [5.74, 6) is -8.21. The lowest BCUT2D eigenvalue weighted by molar-refractivity contribution is -0.142. The van der Waals surface area contributed by atoms with E-state index in [2.05, 4.69) is 49.8 Å². The first-order valence-electron chi connectivity index (χ1n) is 21.2. The molecule has 0 unspecified atom stereocenters. The van der Waals surface area contributed by atoms with Gasteiger partial charge >= 0.3 is 5.97 Å². The van der Waals surface area contributed by atoms with Crippen molar-refractivity contribution in [1.29, 1.82) is 0 Å². The largest absolute Gasteiger partial charge is 0.480 e. The Morgan fingerprint density at radius 1 is 0.625 bits per heavy atom. The molecule has 0 bridgehead atoms. The van der Waals surface area contributed by atoms with Gasteiger partial charge in [-0.2, -0.15) is 24.4 Å². The Labute approximate surface area is 384 Å². The Balaban J connectivity index is 3.33. The fourth-order valence-corrected chi connectivity index (χ4v) is 6.94. The van der Waals surface area contributed by atoms with E-state index < -0.39 is 114 Å². The number of thioether (sulfide) groups is 1. The fourth-order valence-electron chi connectivity index (χ4n) is 6.21. The molecule has 0 aliphatic carbocycles. The number of hydrogen-bond donors (Lipinski definition) is 12. The van der Waals surface area contributed by atoms with Gasteiger partial charge in [-0.25, -0.2) is 4.79 Å². The number of amides is 8. The number of carboxylic acid groups (broad SMARTS) is 1. The second kappa shape index (κ2) is 29.5. The number of rotatable bonds is 30. The van der Waals surface area contributed by atoms with Gasteiger partial charge in [-0.05, 0) is 61.0 Å². The first kappa shape index (κ1) is 57.1. The van der Waals surface area contributed by atoms with Crippen LogP contribution in [-0.2, 0) is 49.6 Å². The summed E-state index contributed by atoms with van der Waals surface area (Å²) >= 11 is 5.57. The molecule has 64 heavy (non-hydrogen) atoms. The fraction of sp³-hybridized carbons (Fsp3) is 0.643. The van der Waals surface area contributed by atoms with Crippen molar-refractivity contribution in [3.63, 3.8) is 0 Å². The maximum Gasteiger partial charge on any atom is 0.326 e. The van der Waals surface area contributed by atoms with Crippen LogP contribution >= 0.6 is 24.4 Å². The molecule has 0 aliphatic rings. The van der Waals surface area contributed by atoms with Crippen molar-refractivity contribution >= 4 is 77.6 Å². The van der Waals surface area contributed by atoms with E-state index in [-0.39, 0.29) is 56.1 Å². The van der Waals surface area contributed by atoms with E-state index in [4.69, 9.17) is 11.5 Å². The maximum absolute atomic E-state index is 14.0. The second-order valence-electron chi connectivity index (χ2n) is 16.6. The minimum atomic E-state index is -1.44. The summed E-state index contributed by atoms with van der Waals surface area (Å²) in [6, 6.07) is -1.48. The van der Waals surface area contributed by atoms with E-state index >= 15 is 0 Å². The van der Waals surface area contributed by atoms with Crippen molar-refractivity contribution in [2.45, 2.75) is 128 Å². The standard InChI is InChI=1S/C42H69N9O11S2/c1-22(2)17-29(38(57)48-30(18-23(3)4)39(58)49-31(42(61)62)19-25-11-9-8-10-12-25)47-36(55)27(13-14-33(44)53)45-37(56)28(15-16-64-7)46-40(59)32(21-63)50-41(60)34(24(5)6)51-35(54)26(43)20-52/h8-12,22-24,26-32,34,52,63H,13-21,43H2,1-7H3,(H2,44,53)(H,45,56)(H,46,59)(H,47,55)(H,48,57)(H,49,58)(H,50,60)(H,51,54)(H,61,62)/t26-,27-,28-,29-,30-,31-,32-,34-/m0/s1. The summed E-state index contributed by atoms with van der Waals surface area (Å²) in [5.41, 5.74) is 11.7. The molecule has 13 N–H and O–H groups in total. The predicted octanol–water partition coefficient (Wildman–Crippen LogP) is -1.28. The number of carbonyl (C=O) groups is 9. The molecule has 0 aromatic heterocycles. The minimum Gasteiger partial charge on any atom is -0.480 e. The molecular weight excluding hydrogens is 871 g/mol. The Kier molecular flexibility index (Phi) is 26.3. The van der Waals surface area contributed by atoms with Gasteiger partial charge in [0.15, 0.2) is 0 Å². The van der Waals surface area contributed by atoms with Gasteiger partial charge in [-0.1, -0.05) is 71.9 Å². The summed E-state index contributed by atoms with van der Waals surface area (Å²) in [7, 11) is 0. The van der Waals surface area contributed by atoms with E-state index in [1.165, 1.54) is 11.8 Å². The van der Waals surface area contributed by atoms with Crippen LogP contribution in [-0.4, -0.2) is 136 Å². The number of carbonyl (C=O) groups excluding carboxylic acids is 8. The van der Waals surface area contributed by atoms with Crippen molar-refractivity contribution in [2.24, 2.45) is 29.2 Å². The number of aliphatic carboxylic acids is 1. The summed E-state index contributed by atoms with van der Waals surface area (Å²) in [6.07, 6.45) is 1.38. The maximum atomic E-state index is 14.0. The summed E-state index contributed by atoms with van der Waals surface area (Å²) in [4.78, 5) is 119. The highest BCUT2D eigenvalue weighted by atomic mass is 32.2. The van der Waals surface area contributed by atoms with Crippen molar-refractivity contribution in [3.05, 3.63) is 35.9 Å². The number of aliphatic hydroxyl groups is 1. The van der Waals surface area contributed by atoms with E-state index in [0.29, 0.717) is 11.3 Å². The lowest BCUT2D eigenvalue weighted by atomic mass is 9.99. The summed E-state index contributed by atoms with van der Waals surface area (Å²) < 4.78 is 0. The molecule has 8 amide bonds. The Morgan fingerprint density at radius 3 is 1.48 bits per heavy atom. The molecule has 0 radical (unpaired) electrons. The third kappa shape index (κ3) is 21.2. The highest BCUT2D eigenvalue weighted by Gasteiger charge is 2.35. The van der Waals surface area contributed by atoms with Crippen molar-refractivity contribution in [2.75, 3.05) is 24.4 Å². The van der Waals surface area contributed by atoms with Gasteiger partial charge in [-0.3, -0.25) is 38.4 Å². The van der Waals surface area contributed by atoms with Crippen molar-refractivity contribution in [3.8, 4) is 0 Å². The first-order chi connectivity index (χ1) is 30.0. The zero-order valence-corrected chi connectivity index (χ0v) is 39.4. The normalized spacial score (nSPS) is 15.0. The van der Waals surface area contributed by atoms with Crippen LogP contribution in [0.1, 0.15) is 79.2 Å². The van der Waals surface area contributed by atoms with Crippen molar-refractivity contribution in [1.82, 2.24) is 37.2 Å². The van der Waals surface area contributed by atoms with E-state index in [1.807, 2.05) is 13.8 Å². The Morgan fingerprint density at radius 2 is 1.06 bits per heavy atom. The third-order valence-corrected chi connectivity index (χ3v) is 10.7. The summed E-state index contributed by atoms with van der Waals surface area (Å²) in [5, 5.41) is 37.1. The molecular formula is C42H69N9O11S2. The SMILES string of the molecule is CSCC[C@H](NC(=O)[C@H](CS)NC(=O)[C@@H](NC(=O)[C@@H](N)CO)C(C)C)C(=O)N[C@@H](CCC(N)=O)C(=O)N[C@@H](CC(C)C)C(=O)N[C@@H](CC(C)C)C(=O)N[C@@H](Cc1ccccc1)C(=O)O. The number of nitrogens with two attached hydrogens (primary N) is 2. The summed E-state index contributed by atoms with van der Waals surface area (Å²) in [6.45, 7) is 9.85. The van der Waals surface area contributed by atoms with Crippen LogP contribution in [0.4, 0.5) is 0 Å². The van der Waals surface area contributed by atoms with E-state index in [1.54, 1.807) is 64.3 Å². The second-order valence-corrected chi connectivity index (χ2v) is 18.0. The molecule has 1 rings (SSSR count). The molecule has 0 saturated heterocycles. The smallest absolute Gasteiger partial charge is 0.326 e. The monoisotopic (exact) mass is 939 g/mol. The van der Waals surface area contributed by atoms with Crippen LogP contribution in [0.15, 0.2) is 30.3 Å². The number of thiol groups is 1. The quantitative estimate of drug-likeness (QED) is 0.0401. The average Bonchev–Trinajstić information content (AvgIpc) is 3.22. The van der Waals surface area contributed by atoms with Crippen LogP contribution in [0.2, 0.25) is 0 Å². The Hall–Kier alpha value is -4.93. The highest BCUT2D eigenvalue weighted by Crippen LogP contribution is 2.13. The molecule has 8 atom stereocenters. The molecule has 0 saturated carbocycles. The minimum absolute atomic E-state index is 0.00878. The number of primary amides is 1. The van der Waals surface area contributed by atoms with Gasteiger partial charge in [0, 0.05) is 18.6 Å². The number of nitrogens with one attached hydrogen (secondary N) is 7. The number of carboxylic acids is 1. The van der Waals surface area contributed by atoms with Gasteiger partial charge < -0.3 is 58.9 Å². The van der Waals surface area contributed by atoms with Crippen LogP contribution in [0.3, 0.4) is 0 Å². The Bertz CT molecular complexity index is 1720. The predicted molar refractivity (Wildman–Crippen MR) is 245 cm³/mol. The van der Waals surface area contributed by atoms with Gasteiger partial charge in [0.25, 0.3) is 0 Å². The number of aliphatic hydroxyl groups excluding tert-OH is 1. The number of hydrogen-bond acceptors (Lipinski definition) is 13. The van der Waals surface area contributed by atoms with E-state index in [9.17, 15) is 53.4 Å². The molecule has 0 aliphatic heterocycles. The lowest BCUT2D eigenvalue weighted by Gasteiger charge is -2.28. The molecule has 0 fully saturated rings. The molecule has 1 aromatic carbocycles. The van der Waals surface area contributed by atoms with Gasteiger partial charge in [0.05, 0.1) is 6.61 Å². The number of benzene rings is 1. The molecule has 0 heterocycles. The van der Waals surface area contributed by atoms with Gasteiger partial charge in [0.1, 0.15) is 48.3 Å². The zero-order chi connectivity index (χ0) is 48.7. The molecule has 1 aromatic rings.